The minimum Gasteiger partial charge on any atom is -0.508 e. The summed E-state index contributed by atoms with van der Waals surface area (Å²) in [6.45, 7) is 3.59. The molecule has 0 spiro atoms. The highest BCUT2D eigenvalue weighted by atomic mass is 16.3. The summed E-state index contributed by atoms with van der Waals surface area (Å²) >= 11 is 0. The van der Waals surface area contributed by atoms with E-state index in [-0.39, 0.29) is 23.3 Å². The first kappa shape index (κ1) is 25.6. The van der Waals surface area contributed by atoms with Gasteiger partial charge >= 0.3 is 0 Å². The normalized spacial score (nSPS) is 11.8. The van der Waals surface area contributed by atoms with Crippen LogP contribution in [0.4, 0.5) is 0 Å². The van der Waals surface area contributed by atoms with Crippen LogP contribution in [0.25, 0.3) is 0 Å². The van der Waals surface area contributed by atoms with Gasteiger partial charge in [-0.1, -0.05) is 19.3 Å². The third kappa shape index (κ3) is 9.99. The van der Waals surface area contributed by atoms with E-state index in [1.165, 1.54) is 0 Å². The second-order valence-corrected chi connectivity index (χ2v) is 7.83. The van der Waals surface area contributed by atoms with Crippen molar-refractivity contribution < 1.29 is 19.8 Å². The fourth-order valence-electron chi connectivity index (χ4n) is 3.04. The van der Waals surface area contributed by atoms with Gasteiger partial charge in [-0.2, -0.15) is 10.2 Å². The van der Waals surface area contributed by atoms with Gasteiger partial charge in [0.25, 0.3) is 0 Å². The zero-order valence-electron chi connectivity index (χ0n) is 19.2. The lowest BCUT2D eigenvalue weighted by atomic mass is 10.1. The average Bonchev–Trinajstić information content (AvgIpc) is 2.81. The molecule has 0 saturated carbocycles. The number of unbranched alkanes of at least 4 members (excludes halogenated alkanes) is 4. The summed E-state index contributed by atoms with van der Waals surface area (Å²) in [7, 11) is 0. The number of rotatable bonds is 12. The topological polar surface area (TPSA) is 123 Å². The number of benzene rings is 2. The number of nitrogens with one attached hydrogen (secondary N) is 2. The largest absolute Gasteiger partial charge is 0.508 e. The number of amides is 2. The number of carbonyl (C=O) groups excluding carboxylic acids is 2. The molecule has 0 heterocycles. The van der Waals surface area contributed by atoms with E-state index in [0.29, 0.717) is 24.3 Å². The minimum atomic E-state index is -0.130. The van der Waals surface area contributed by atoms with Crippen molar-refractivity contribution >= 4 is 23.2 Å². The molecule has 0 unspecified atom stereocenters. The van der Waals surface area contributed by atoms with Crippen LogP contribution in [0.15, 0.2) is 58.7 Å². The fourth-order valence-corrected chi connectivity index (χ4v) is 3.04. The molecule has 0 aliphatic carbocycles. The maximum atomic E-state index is 11.9. The lowest BCUT2D eigenvalue weighted by molar-refractivity contribution is -0.121. The van der Waals surface area contributed by atoms with E-state index in [1.54, 1.807) is 62.4 Å². The zero-order chi connectivity index (χ0) is 24.1. The Balaban J connectivity index is 1.53. The van der Waals surface area contributed by atoms with E-state index in [9.17, 15) is 19.8 Å². The first-order chi connectivity index (χ1) is 15.8. The summed E-state index contributed by atoms with van der Waals surface area (Å²) in [5.74, 6) is 0.111. The molecule has 0 fully saturated rings. The van der Waals surface area contributed by atoms with E-state index >= 15 is 0 Å². The molecule has 0 saturated heterocycles. The van der Waals surface area contributed by atoms with E-state index < -0.39 is 0 Å². The number of nitrogens with zero attached hydrogens (tertiary/aromatic N) is 2. The Kier molecular flexibility index (Phi) is 10.6. The number of phenols is 2. The van der Waals surface area contributed by atoms with Gasteiger partial charge in [0.1, 0.15) is 11.5 Å². The van der Waals surface area contributed by atoms with Gasteiger partial charge in [0.05, 0.1) is 11.4 Å². The van der Waals surface area contributed by atoms with Gasteiger partial charge in [-0.15, -0.1) is 0 Å². The standard InChI is InChI=1S/C25H32N4O4/c1-18(20-10-14-22(30)15-11-20)26-28-24(32)8-6-4-3-5-7-9-25(33)29-27-19(2)21-12-16-23(31)17-13-21/h10-17,30-31H,3-9H2,1-2H3,(H,28,32)(H,29,33). The van der Waals surface area contributed by atoms with Crippen molar-refractivity contribution in [1.82, 2.24) is 10.9 Å². The predicted octanol–water partition coefficient (Wildman–Crippen LogP) is 4.21. The number of hydrazone groups is 2. The molecule has 176 valence electrons. The maximum absolute atomic E-state index is 11.9. The van der Waals surface area contributed by atoms with Crippen molar-refractivity contribution in [1.29, 1.82) is 0 Å². The predicted molar refractivity (Wildman–Crippen MR) is 129 cm³/mol. The summed E-state index contributed by atoms with van der Waals surface area (Å²) in [6, 6.07) is 13.3. The van der Waals surface area contributed by atoms with Crippen LogP contribution < -0.4 is 10.9 Å². The highest BCUT2D eigenvalue weighted by molar-refractivity contribution is 5.99. The smallest absolute Gasteiger partial charge is 0.240 e. The van der Waals surface area contributed by atoms with Crippen LogP contribution in [0.2, 0.25) is 0 Å². The number of carbonyl (C=O) groups is 2. The summed E-state index contributed by atoms with van der Waals surface area (Å²) in [5.41, 5.74) is 8.12. The molecular formula is C25H32N4O4. The molecule has 0 radical (unpaired) electrons. The van der Waals surface area contributed by atoms with Gasteiger partial charge in [-0.25, -0.2) is 10.9 Å². The lowest BCUT2D eigenvalue weighted by Crippen LogP contribution is -2.19. The molecule has 2 aromatic carbocycles. The van der Waals surface area contributed by atoms with Crippen LogP contribution >= 0.6 is 0 Å². The fraction of sp³-hybridized carbons (Fsp3) is 0.360. The van der Waals surface area contributed by atoms with Crippen LogP contribution in [0.3, 0.4) is 0 Å². The van der Waals surface area contributed by atoms with Gasteiger partial charge in [0.2, 0.25) is 11.8 Å². The monoisotopic (exact) mass is 452 g/mol. The molecule has 0 aliphatic heterocycles. The van der Waals surface area contributed by atoms with E-state index in [0.717, 1.165) is 43.2 Å². The molecule has 2 amide bonds. The molecular weight excluding hydrogens is 420 g/mol. The van der Waals surface area contributed by atoms with Gasteiger partial charge in [-0.05, 0) is 86.3 Å². The molecule has 0 atom stereocenters. The Hall–Kier alpha value is -3.68. The number of phenolic OH excluding ortho intramolecular Hbond substituents is 2. The maximum Gasteiger partial charge on any atom is 0.240 e. The Labute approximate surface area is 194 Å². The molecule has 0 aromatic heterocycles. The molecule has 2 aromatic rings. The van der Waals surface area contributed by atoms with Crippen LogP contribution in [0, 0.1) is 0 Å². The molecule has 0 aliphatic rings. The Morgan fingerprint density at radius 2 is 0.970 bits per heavy atom. The van der Waals surface area contributed by atoms with E-state index in [4.69, 9.17) is 0 Å². The van der Waals surface area contributed by atoms with Crippen molar-refractivity contribution in [3.8, 4) is 11.5 Å². The SMILES string of the molecule is CC(=NNC(=O)CCCCCCCC(=O)NN=C(C)c1ccc(O)cc1)c1ccc(O)cc1. The number of hydrogen-bond donors (Lipinski definition) is 4. The second-order valence-electron chi connectivity index (χ2n) is 7.83. The first-order valence-corrected chi connectivity index (χ1v) is 11.1. The Morgan fingerprint density at radius 3 is 1.33 bits per heavy atom. The molecule has 8 heteroatoms. The minimum absolute atomic E-state index is 0.130. The zero-order valence-corrected chi connectivity index (χ0v) is 19.2. The summed E-state index contributed by atoms with van der Waals surface area (Å²) in [5, 5.41) is 26.8. The van der Waals surface area contributed by atoms with Crippen molar-refractivity contribution in [2.45, 2.75) is 58.8 Å². The molecule has 33 heavy (non-hydrogen) atoms. The van der Waals surface area contributed by atoms with Crippen LogP contribution in [-0.4, -0.2) is 33.5 Å². The van der Waals surface area contributed by atoms with Crippen LogP contribution in [-0.2, 0) is 9.59 Å². The van der Waals surface area contributed by atoms with Gasteiger partial charge in [0.15, 0.2) is 0 Å². The van der Waals surface area contributed by atoms with Crippen LogP contribution in [0.5, 0.6) is 11.5 Å². The van der Waals surface area contributed by atoms with Crippen LogP contribution in [0.1, 0.15) is 69.9 Å². The van der Waals surface area contributed by atoms with E-state index in [2.05, 4.69) is 21.1 Å². The molecule has 8 nitrogen and oxygen atoms in total. The number of aromatic hydroxyl groups is 2. The lowest BCUT2D eigenvalue weighted by Gasteiger charge is -2.04. The van der Waals surface area contributed by atoms with Gasteiger partial charge < -0.3 is 10.2 Å². The highest BCUT2D eigenvalue weighted by Gasteiger charge is 2.04. The Morgan fingerprint density at radius 1 is 0.636 bits per heavy atom. The average molecular weight is 453 g/mol. The van der Waals surface area contributed by atoms with Crippen molar-refractivity contribution in [2.75, 3.05) is 0 Å². The third-order valence-electron chi connectivity index (χ3n) is 5.07. The van der Waals surface area contributed by atoms with Crippen molar-refractivity contribution in [3.05, 3.63) is 59.7 Å². The molecule has 4 N–H and O–H groups in total. The summed E-state index contributed by atoms with van der Waals surface area (Å²) in [6.07, 6.45) is 5.10. The van der Waals surface area contributed by atoms with Crippen molar-refractivity contribution in [3.63, 3.8) is 0 Å². The van der Waals surface area contributed by atoms with Gasteiger partial charge in [-0.3, -0.25) is 9.59 Å². The number of hydrogen-bond acceptors (Lipinski definition) is 6. The molecule has 2 rings (SSSR count). The van der Waals surface area contributed by atoms with E-state index in [1.807, 2.05) is 0 Å². The van der Waals surface area contributed by atoms with Crippen molar-refractivity contribution in [2.24, 2.45) is 10.2 Å². The molecule has 0 bridgehead atoms. The highest BCUT2D eigenvalue weighted by Crippen LogP contribution is 2.11. The quantitative estimate of drug-likeness (QED) is 0.219. The summed E-state index contributed by atoms with van der Waals surface area (Å²) in [4.78, 5) is 23.8. The third-order valence-corrected chi connectivity index (χ3v) is 5.07. The first-order valence-electron chi connectivity index (χ1n) is 11.1. The summed E-state index contributed by atoms with van der Waals surface area (Å²) < 4.78 is 0. The Bertz CT molecular complexity index is 887. The van der Waals surface area contributed by atoms with Gasteiger partial charge in [0, 0.05) is 12.8 Å². The second kappa shape index (κ2) is 13.7.